The smallest absolute Gasteiger partial charge is 0.316 e. The van der Waals surface area contributed by atoms with Gasteiger partial charge in [0.05, 0.1) is 13.7 Å². The van der Waals surface area contributed by atoms with Gasteiger partial charge in [-0.3, -0.25) is 9.59 Å². The van der Waals surface area contributed by atoms with Crippen LogP contribution in [0.5, 0.6) is 0 Å². The molecule has 1 unspecified atom stereocenters. The first-order chi connectivity index (χ1) is 7.92. The predicted molar refractivity (Wildman–Crippen MR) is 65.4 cm³/mol. The summed E-state index contributed by atoms with van der Waals surface area (Å²) in [7, 11) is 1.26. The second kappa shape index (κ2) is 7.79. The Bertz CT molecular complexity index is 328. The molecular weight excluding hydrogens is 220 g/mol. The number of carbonyl (C=O) groups excluding carboxylic acids is 2. The van der Waals surface area contributed by atoms with Crippen molar-refractivity contribution in [1.82, 2.24) is 0 Å². The topological polar surface area (TPSA) is 63.6 Å². The highest BCUT2D eigenvalue weighted by molar-refractivity contribution is 5.97. The van der Waals surface area contributed by atoms with Gasteiger partial charge in [0.25, 0.3) is 0 Å². The molecule has 1 N–H and O–H groups in total. The summed E-state index contributed by atoms with van der Waals surface area (Å²) in [5.41, 5.74) is 1.60. The molecule has 1 atom stereocenters. The first-order valence-corrected chi connectivity index (χ1v) is 5.43. The third-order valence-corrected chi connectivity index (χ3v) is 2.46. The van der Waals surface area contributed by atoms with E-state index in [1.807, 2.05) is 6.08 Å². The fourth-order valence-corrected chi connectivity index (χ4v) is 1.29. The third-order valence-electron chi connectivity index (χ3n) is 2.46. The summed E-state index contributed by atoms with van der Waals surface area (Å²) < 4.78 is 4.57. The molecule has 0 spiro atoms. The standard InChI is InChI=1S/C13H20O4/c1-9(5-6-10(2)8-14)7-12(11(3)15)13(16)17-4/h6,12,14H,1,5,7-8H2,2-4H3/b10-6+. The van der Waals surface area contributed by atoms with Crippen LogP contribution in [0.4, 0.5) is 0 Å². The average Bonchev–Trinajstić information content (AvgIpc) is 2.31. The van der Waals surface area contributed by atoms with Crippen molar-refractivity contribution in [3.05, 3.63) is 23.8 Å². The van der Waals surface area contributed by atoms with Crippen LogP contribution in [0.25, 0.3) is 0 Å². The Hall–Kier alpha value is -1.42. The van der Waals surface area contributed by atoms with Gasteiger partial charge in [-0.05, 0) is 26.7 Å². The van der Waals surface area contributed by atoms with Gasteiger partial charge in [0.15, 0.2) is 0 Å². The molecule has 0 bridgehead atoms. The molecule has 4 nitrogen and oxygen atoms in total. The molecule has 0 amide bonds. The molecule has 0 aliphatic heterocycles. The van der Waals surface area contributed by atoms with Crippen LogP contribution in [-0.2, 0) is 14.3 Å². The zero-order valence-electron chi connectivity index (χ0n) is 10.7. The average molecular weight is 240 g/mol. The van der Waals surface area contributed by atoms with Crippen molar-refractivity contribution >= 4 is 11.8 Å². The second-order valence-electron chi connectivity index (χ2n) is 4.05. The van der Waals surface area contributed by atoms with Crippen LogP contribution in [0.15, 0.2) is 23.8 Å². The maximum Gasteiger partial charge on any atom is 0.316 e. The van der Waals surface area contributed by atoms with Crippen LogP contribution in [0.2, 0.25) is 0 Å². The second-order valence-corrected chi connectivity index (χ2v) is 4.05. The molecular formula is C13H20O4. The van der Waals surface area contributed by atoms with Crippen LogP contribution in [-0.4, -0.2) is 30.6 Å². The molecule has 0 aliphatic rings. The maximum absolute atomic E-state index is 11.3. The Morgan fingerprint density at radius 3 is 2.41 bits per heavy atom. The minimum absolute atomic E-state index is 0.000415. The minimum Gasteiger partial charge on any atom is -0.468 e. The molecule has 4 heteroatoms. The fraction of sp³-hybridized carbons (Fsp3) is 0.538. The van der Waals surface area contributed by atoms with E-state index in [0.29, 0.717) is 6.42 Å². The number of rotatable bonds is 7. The third kappa shape index (κ3) is 6.02. The number of hydrogen-bond donors (Lipinski definition) is 1. The van der Waals surface area contributed by atoms with E-state index in [-0.39, 0.29) is 18.8 Å². The quantitative estimate of drug-likeness (QED) is 0.417. The molecule has 0 aromatic heterocycles. The monoisotopic (exact) mass is 240 g/mol. The lowest BCUT2D eigenvalue weighted by Crippen LogP contribution is -2.23. The molecule has 0 heterocycles. The molecule has 96 valence electrons. The highest BCUT2D eigenvalue weighted by Crippen LogP contribution is 2.17. The highest BCUT2D eigenvalue weighted by atomic mass is 16.5. The van der Waals surface area contributed by atoms with E-state index in [4.69, 9.17) is 5.11 Å². The first kappa shape index (κ1) is 15.6. The number of hydrogen-bond acceptors (Lipinski definition) is 4. The summed E-state index contributed by atoms with van der Waals surface area (Å²) in [6.45, 7) is 6.98. The summed E-state index contributed by atoms with van der Waals surface area (Å²) in [5, 5.41) is 8.82. The van der Waals surface area contributed by atoms with Gasteiger partial charge >= 0.3 is 5.97 Å². The van der Waals surface area contributed by atoms with E-state index in [9.17, 15) is 9.59 Å². The van der Waals surface area contributed by atoms with E-state index in [1.165, 1.54) is 14.0 Å². The number of aliphatic hydroxyl groups excluding tert-OH is 1. The summed E-state index contributed by atoms with van der Waals surface area (Å²) >= 11 is 0. The van der Waals surface area contributed by atoms with E-state index in [2.05, 4.69) is 11.3 Å². The van der Waals surface area contributed by atoms with Crippen LogP contribution in [0.1, 0.15) is 26.7 Å². The number of methoxy groups -OCH3 is 1. The number of ether oxygens (including phenoxy) is 1. The minimum atomic E-state index is -0.768. The van der Waals surface area contributed by atoms with Crippen molar-refractivity contribution in [3.8, 4) is 0 Å². The number of allylic oxidation sites excluding steroid dienone is 2. The van der Waals surface area contributed by atoms with Gasteiger partial charge in [0, 0.05) is 0 Å². The molecule has 0 rings (SSSR count). The van der Waals surface area contributed by atoms with Crippen molar-refractivity contribution in [2.45, 2.75) is 26.7 Å². The molecule has 0 aromatic carbocycles. The Kier molecular flexibility index (Phi) is 7.14. The number of esters is 1. The van der Waals surface area contributed by atoms with Crippen LogP contribution in [0, 0.1) is 5.92 Å². The molecule has 0 aliphatic carbocycles. The van der Waals surface area contributed by atoms with Crippen molar-refractivity contribution in [3.63, 3.8) is 0 Å². The molecule has 0 aromatic rings. The van der Waals surface area contributed by atoms with Crippen molar-refractivity contribution in [2.75, 3.05) is 13.7 Å². The summed E-state index contributed by atoms with van der Waals surface area (Å²) in [6, 6.07) is 0. The van der Waals surface area contributed by atoms with Gasteiger partial charge in [-0.2, -0.15) is 0 Å². The molecule has 0 radical (unpaired) electrons. The van der Waals surface area contributed by atoms with Gasteiger partial charge in [-0.25, -0.2) is 0 Å². The number of aliphatic hydroxyl groups is 1. The molecule has 0 fully saturated rings. The van der Waals surface area contributed by atoms with Crippen molar-refractivity contribution in [1.29, 1.82) is 0 Å². The van der Waals surface area contributed by atoms with Crippen LogP contribution in [0.3, 0.4) is 0 Å². The normalized spacial score (nSPS) is 13.1. The lowest BCUT2D eigenvalue weighted by Gasteiger charge is -2.12. The van der Waals surface area contributed by atoms with E-state index in [1.54, 1.807) is 6.92 Å². The lowest BCUT2D eigenvalue weighted by molar-refractivity contribution is -0.148. The Labute approximate surface area is 102 Å². The Balaban J connectivity index is 4.42. The predicted octanol–water partition coefficient (Wildman–Crippen LogP) is 1.64. The number of Topliss-reactive ketones (excluding diaryl/α,β-unsaturated/α-hetero) is 1. The first-order valence-electron chi connectivity index (χ1n) is 5.43. The highest BCUT2D eigenvalue weighted by Gasteiger charge is 2.24. The molecule has 0 saturated heterocycles. The number of carbonyl (C=O) groups is 2. The van der Waals surface area contributed by atoms with Crippen LogP contribution < -0.4 is 0 Å². The van der Waals surface area contributed by atoms with E-state index in [0.717, 1.165) is 11.1 Å². The zero-order chi connectivity index (χ0) is 13.4. The largest absolute Gasteiger partial charge is 0.468 e. The molecule has 0 saturated carbocycles. The van der Waals surface area contributed by atoms with Gasteiger partial charge < -0.3 is 9.84 Å². The van der Waals surface area contributed by atoms with Gasteiger partial charge in [0.1, 0.15) is 11.7 Å². The van der Waals surface area contributed by atoms with E-state index >= 15 is 0 Å². The van der Waals surface area contributed by atoms with E-state index < -0.39 is 11.9 Å². The fourth-order valence-electron chi connectivity index (χ4n) is 1.29. The summed E-state index contributed by atoms with van der Waals surface area (Å²) in [4.78, 5) is 22.6. The van der Waals surface area contributed by atoms with Crippen molar-refractivity contribution < 1.29 is 19.4 Å². The number of ketones is 1. The van der Waals surface area contributed by atoms with Crippen molar-refractivity contribution in [2.24, 2.45) is 5.92 Å². The SMILES string of the molecule is C=C(C/C=C(\C)CO)CC(C(C)=O)C(=O)OC. The summed E-state index contributed by atoms with van der Waals surface area (Å²) in [6.07, 6.45) is 2.67. The van der Waals surface area contributed by atoms with Gasteiger partial charge in [-0.15, -0.1) is 0 Å². The Morgan fingerprint density at radius 2 is 2.00 bits per heavy atom. The Morgan fingerprint density at radius 1 is 1.41 bits per heavy atom. The van der Waals surface area contributed by atoms with Gasteiger partial charge in [-0.1, -0.05) is 23.8 Å². The molecule has 17 heavy (non-hydrogen) atoms. The maximum atomic E-state index is 11.3. The van der Waals surface area contributed by atoms with Crippen LogP contribution >= 0.6 is 0 Å². The van der Waals surface area contributed by atoms with Gasteiger partial charge in [0.2, 0.25) is 0 Å². The zero-order valence-corrected chi connectivity index (χ0v) is 10.7. The summed E-state index contributed by atoms with van der Waals surface area (Å²) in [5.74, 6) is -1.52. The lowest BCUT2D eigenvalue weighted by atomic mass is 9.95.